The summed E-state index contributed by atoms with van der Waals surface area (Å²) < 4.78 is 11.1. The number of benzene rings is 1. The number of likely N-dealkylation sites (N-methyl/N-ethyl adjacent to an activating group) is 1. The van der Waals surface area contributed by atoms with E-state index in [1.807, 2.05) is 24.1 Å². The Bertz CT molecular complexity index is 593. The molecule has 0 saturated carbocycles. The van der Waals surface area contributed by atoms with E-state index in [2.05, 4.69) is 17.0 Å². The molecule has 2 fully saturated rings. The van der Waals surface area contributed by atoms with Gasteiger partial charge < -0.3 is 19.3 Å². The second-order valence-corrected chi connectivity index (χ2v) is 7.92. The highest BCUT2D eigenvalue weighted by atomic mass is 16.5. The summed E-state index contributed by atoms with van der Waals surface area (Å²) >= 11 is 0. The molecule has 3 rings (SSSR count). The lowest BCUT2D eigenvalue weighted by Crippen LogP contribution is -2.44. The molecule has 0 radical (unpaired) electrons. The van der Waals surface area contributed by atoms with Gasteiger partial charge in [-0.3, -0.25) is 4.79 Å². The molecule has 0 bridgehead atoms. The Hall–Kier alpha value is -1.59. The van der Waals surface area contributed by atoms with Crippen LogP contribution in [0.1, 0.15) is 37.7 Å². The van der Waals surface area contributed by atoms with Crippen LogP contribution in [0.5, 0.6) is 5.75 Å². The predicted octanol–water partition coefficient (Wildman–Crippen LogP) is 2.98. The van der Waals surface area contributed by atoms with Crippen LogP contribution in [-0.4, -0.2) is 68.8 Å². The Morgan fingerprint density at radius 2 is 2.00 bits per heavy atom. The average molecular weight is 375 g/mol. The molecule has 0 aliphatic carbocycles. The molecule has 1 aromatic rings. The van der Waals surface area contributed by atoms with Crippen molar-refractivity contribution in [1.29, 1.82) is 0 Å². The van der Waals surface area contributed by atoms with Crippen LogP contribution in [0.15, 0.2) is 24.3 Å². The van der Waals surface area contributed by atoms with Crippen molar-refractivity contribution in [3.63, 3.8) is 0 Å². The average Bonchev–Trinajstić information content (AvgIpc) is 2.73. The molecule has 2 saturated heterocycles. The molecule has 2 aliphatic heterocycles. The lowest BCUT2D eigenvalue weighted by Gasteiger charge is -2.35. The number of rotatable bonds is 7. The van der Waals surface area contributed by atoms with Gasteiger partial charge in [0.25, 0.3) is 5.91 Å². The summed E-state index contributed by atoms with van der Waals surface area (Å²) in [6.07, 6.45) is 6.21. The number of hydrogen-bond acceptors (Lipinski definition) is 4. The van der Waals surface area contributed by atoms with Crippen LogP contribution in [-0.2, 0) is 16.0 Å². The number of piperidine rings is 1. The Balaban J connectivity index is 1.39. The summed E-state index contributed by atoms with van der Waals surface area (Å²) in [5.41, 5.74) is 1.28. The first kappa shape index (κ1) is 20.2. The van der Waals surface area contributed by atoms with E-state index in [0.29, 0.717) is 5.92 Å². The SMILES string of the molecule is COc1ccccc1CCN1CCC(CN(C)C(=O)[C@@H]2CCCCO2)CC1. The molecule has 27 heavy (non-hydrogen) atoms. The number of methoxy groups -OCH3 is 1. The third-order valence-corrected chi connectivity index (χ3v) is 5.96. The van der Waals surface area contributed by atoms with Crippen molar-refractivity contribution in [2.24, 2.45) is 5.92 Å². The van der Waals surface area contributed by atoms with Gasteiger partial charge in [-0.1, -0.05) is 18.2 Å². The summed E-state index contributed by atoms with van der Waals surface area (Å²) in [6.45, 7) is 4.88. The van der Waals surface area contributed by atoms with Gasteiger partial charge in [0.15, 0.2) is 0 Å². The van der Waals surface area contributed by atoms with Gasteiger partial charge in [0.1, 0.15) is 11.9 Å². The lowest BCUT2D eigenvalue weighted by molar-refractivity contribution is -0.145. The van der Waals surface area contributed by atoms with E-state index in [9.17, 15) is 4.79 Å². The van der Waals surface area contributed by atoms with Crippen molar-refractivity contribution in [1.82, 2.24) is 9.80 Å². The second-order valence-electron chi connectivity index (χ2n) is 7.92. The van der Waals surface area contributed by atoms with Gasteiger partial charge in [-0.25, -0.2) is 0 Å². The van der Waals surface area contributed by atoms with Crippen LogP contribution in [0.2, 0.25) is 0 Å². The molecule has 2 heterocycles. The molecule has 0 N–H and O–H groups in total. The molecule has 0 spiro atoms. The zero-order valence-corrected chi connectivity index (χ0v) is 16.9. The first-order chi connectivity index (χ1) is 13.2. The largest absolute Gasteiger partial charge is 0.496 e. The fraction of sp³-hybridized carbons (Fsp3) is 0.682. The molecular weight excluding hydrogens is 340 g/mol. The van der Waals surface area contributed by atoms with Crippen molar-refractivity contribution in [2.45, 2.75) is 44.6 Å². The first-order valence-electron chi connectivity index (χ1n) is 10.4. The molecular formula is C22H34N2O3. The molecule has 1 aromatic carbocycles. The van der Waals surface area contributed by atoms with Crippen molar-refractivity contribution in [3.05, 3.63) is 29.8 Å². The van der Waals surface area contributed by atoms with E-state index < -0.39 is 0 Å². The van der Waals surface area contributed by atoms with Gasteiger partial charge >= 0.3 is 0 Å². The standard InChI is InChI=1S/C22H34N2O3/c1-23(22(25)21-9-5-6-16-27-21)17-18-10-13-24(14-11-18)15-12-19-7-3-4-8-20(19)26-2/h3-4,7-8,18,21H,5-6,9-17H2,1-2H3/t21-/m0/s1. The van der Waals surface area contributed by atoms with Crippen LogP contribution < -0.4 is 4.74 Å². The number of nitrogens with zero attached hydrogens (tertiary/aromatic N) is 2. The zero-order chi connectivity index (χ0) is 19.1. The third-order valence-electron chi connectivity index (χ3n) is 5.96. The van der Waals surface area contributed by atoms with Crippen LogP contribution in [0.25, 0.3) is 0 Å². The number of hydrogen-bond donors (Lipinski definition) is 0. The molecule has 2 aliphatic rings. The number of carbonyl (C=O) groups is 1. The number of ether oxygens (including phenoxy) is 2. The van der Waals surface area contributed by atoms with Gasteiger partial charge in [0, 0.05) is 26.7 Å². The Morgan fingerprint density at radius 1 is 1.22 bits per heavy atom. The highest BCUT2D eigenvalue weighted by Crippen LogP contribution is 2.22. The normalized spacial score (nSPS) is 21.8. The number of likely N-dealkylation sites (tertiary alicyclic amines) is 1. The minimum Gasteiger partial charge on any atom is -0.496 e. The molecule has 1 atom stereocenters. The van der Waals surface area contributed by atoms with Gasteiger partial charge in [-0.2, -0.15) is 0 Å². The van der Waals surface area contributed by atoms with Crippen molar-refractivity contribution in [3.8, 4) is 5.75 Å². The topological polar surface area (TPSA) is 42.0 Å². The summed E-state index contributed by atoms with van der Waals surface area (Å²) in [7, 11) is 3.68. The molecule has 5 nitrogen and oxygen atoms in total. The maximum atomic E-state index is 12.5. The van der Waals surface area contributed by atoms with E-state index >= 15 is 0 Å². The quantitative estimate of drug-likeness (QED) is 0.736. The monoisotopic (exact) mass is 374 g/mol. The van der Waals surface area contributed by atoms with Gasteiger partial charge in [-0.15, -0.1) is 0 Å². The number of carbonyl (C=O) groups excluding carboxylic acids is 1. The minimum atomic E-state index is -0.204. The van der Waals surface area contributed by atoms with Crippen molar-refractivity contribution >= 4 is 5.91 Å². The van der Waals surface area contributed by atoms with E-state index in [1.54, 1.807) is 7.11 Å². The molecule has 1 amide bonds. The van der Waals surface area contributed by atoms with Crippen LogP contribution in [0.4, 0.5) is 0 Å². The van der Waals surface area contributed by atoms with E-state index in [0.717, 1.165) is 77.1 Å². The number of amides is 1. The van der Waals surface area contributed by atoms with Crippen LogP contribution >= 0.6 is 0 Å². The van der Waals surface area contributed by atoms with Crippen molar-refractivity contribution < 1.29 is 14.3 Å². The summed E-state index contributed by atoms with van der Waals surface area (Å²) in [5.74, 6) is 1.76. The summed E-state index contributed by atoms with van der Waals surface area (Å²) in [6, 6.07) is 8.28. The van der Waals surface area contributed by atoms with Crippen LogP contribution in [0.3, 0.4) is 0 Å². The second kappa shape index (κ2) is 10.1. The first-order valence-corrected chi connectivity index (χ1v) is 10.4. The Kier molecular flexibility index (Phi) is 7.53. The van der Waals surface area contributed by atoms with Crippen molar-refractivity contribution in [2.75, 3.05) is 46.9 Å². The molecule has 0 unspecified atom stereocenters. The molecule has 0 aromatic heterocycles. The van der Waals surface area contributed by atoms with E-state index in [-0.39, 0.29) is 12.0 Å². The number of para-hydroxylation sites is 1. The summed E-state index contributed by atoms with van der Waals surface area (Å²) in [4.78, 5) is 17.0. The molecule has 5 heteroatoms. The fourth-order valence-electron chi connectivity index (χ4n) is 4.24. The third kappa shape index (κ3) is 5.69. The highest BCUT2D eigenvalue weighted by molar-refractivity contribution is 5.80. The Morgan fingerprint density at radius 3 is 2.70 bits per heavy atom. The van der Waals surface area contributed by atoms with Gasteiger partial charge in [0.05, 0.1) is 7.11 Å². The lowest BCUT2D eigenvalue weighted by atomic mass is 9.95. The van der Waals surface area contributed by atoms with E-state index in [4.69, 9.17) is 9.47 Å². The highest BCUT2D eigenvalue weighted by Gasteiger charge is 2.27. The predicted molar refractivity (Wildman–Crippen MR) is 107 cm³/mol. The summed E-state index contributed by atoms with van der Waals surface area (Å²) in [5, 5.41) is 0. The van der Waals surface area contributed by atoms with Gasteiger partial charge in [0.2, 0.25) is 0 Å². The zero-order valence-electron chi connectivity index (χ0n) is 16.9. The fourth-order valence-corrected chi connectivity index (χ4v) is 4.24. The minimum absolute atomic E-state index is 0.174. The maximum Gasteiger partial charge on any atom is 0.251 e. The smallest absolute Gasteiger partial charge is 0.251 e. The van der Waals surface area contributed by atoms with Crippen LogP contribution in [0, 0.1) is 5.92 Å². The maximum absolute atomic E-state index is 12.5. The molecule has 150 valence electrons. The van der Waals surface area contributed by atoms with Gasteiger partial charge in [-0.05, 0) is 69.2 Å². The Labute approximate surface area is 163 Å². The van der Waals surface area contributed by atoms with E-state index in [1.165, 1.54) is 5.56 Å².